The van der Waals surface area contributed by atoms with Crippen molar-refractivity contribution in [1.29, 1.82) is 0 Å². The molecule has 1 fully saturated rings. The standard InChI is InChI=1S/C19H20FNO2/c1-11(2)13-5-8-16-15(9-13)18-19(23-10-22-18)17(21-16)12-3-6-14(20)7-4-12/h3-9,11,17-19,21H,10H2,1-2H3. The molecule has 2 aliphatic rings. The Bertz CT molecular complexity index is 714. The quantitative estimate of drug-likeness (QED) is 0.883. The van der Waals surface area contributed by atoms with Crippen LogP contribution >= 0.6 is 0 Å². The first kappa shape index (κ1) is 14.7. The van der Waals surface area contributed by atoms with Crippen molar-refractivity contribution in [1.82, 2.24) is 0 Å². The summed E-state index contributed by atoms with van der Waals surface area (Å²) in [5.41, 5.74) is 4.51. The van der Waals surface area contributed by atoms with E-state index in [0.717, 1.165) is 16.8 Å². The van der Waals surface area contributed by atoms with Gasteiger partial charge < -0.3 is 14.8 Å². The zero-order valence-corrected chi connectivity index (χ0v) is 13.3. The largest absolute Gasteiger partial charge is 0.375 e. The molecule has 1 saturated heterocycles. The van der Waals surface area contributed by atoms with E-state index >= 15 is 0 Å². The number of ether oxygens (including phenoxy) is 2. The number of benzene rings is 2. The molecule has 2 aliphatic heterocycles. The first-order valence-corrected chi connectivity index (χ1v) is 8.02. The van der Waals surface area contributed by atoms with Gasteiger partial charge in [-0.25, -0.2) is 4.39 Å². The Kier molecular flexibility index (Phi) is 3.58. The molecule has 1 N–H and O–H groups in total. The maximum Gasteiger partial charge on any atom is 0.148 e. The van der Waals surface area contributed by atoms with Crippen LogP contribution in [0.4, 0.5) is 10.1 Å². The molecule has 23 heavy (non-hydrogen) atoms. The molecule has 2 heterocycles. The molecule has 0 aliphatic carbocycles. The van der Waals surface area contributed by atoms with Crippen LogP contribution in [-0.4, -0.2) is 12.9 Å². The first-order valence-electron chi connectivity index (χ1n) is 8.02. The number of hydrogen-bond acceptors (Lipinski definition) is 3. The van der Waals surface area contributed by atoms with Crippen LogP contribution in [-0.2, 0) is 9.47 Å². The van der Waals surface area contributed by atoms with Crippen LogP contribution in [0.5, 0.6) is 0 Å². The molecular weight excluding hydrogens is 293 g/mol. The van der Waals surface area contributed by atoms with Gasteiger partial charge in [0.15, 0.2) is 0 Å². The second-order valence-corrected chi connectivity index (χ2v) is 6.51. The van der Waals surface area contributed by atoms with Gasteiger partial charge in [0.05, 0.1) is 6.04 Å². The lowest BCUT2D eigenvalue weighted by molar-refractivity contribution is 0.0367. The van der Waals surface area contributed by atoms with Crippen LogP contribution in [0, 0.1) is 5.82 Å². The van der Waals surface area contributed by atoms with Crippen molar-refractivity contribution in [3.8, 4) is 0 Å². The van der Waals surface area contributed by atoms with Gasteiger partial charge in [0, 0.05) is 11.3 Å². The molecule has 0 spiro atoms. The molecule has 4 rings (SSSR count). The van der Waals surface area contributed by atoms with Gasteiger partial charge in [-0.2, -0.15) is 0 Å². The lowest BCUT2D eigenvalue weighted by Gasteiger charge is -2.35. The van der Waals surface area contributed by atoms with Gasteiger partial charge in [0.2, 0.25) is 0 Å². The van der Waals surface area contributed by atoms with E-state index < -0.39 is 0 Å². The Morgan fingerprint density at radius 3 is 2.61 bits per heavy atom. The Morgan fingerprint density at radius 2 is 1.87 bits per heavy atom. The van der Waals surface area contributed by atoms with Gasteiger partial charge in [-0.3, -0.25) is 0 Å². The number of anilines is 1. The molecule has 4 heteroatoms. The summed E-state index contributed by atoms with van der Waals surface area (Å²) in [6.07, 6.45) is -0.185. The SMILES string of the molecule is CC(C)c1ccc2c(c1)C1OCOC1C(c1ccc(F)cc1)N2. The number of nitrogens with one attached hydrogen (secondary N) is 1. The average molecular weight is 313 g/mol. The Hall–Kier alpha value is -1.91. The molecule has 0 radical (unpaired) electrons. The maximum atomic E-state index is 13.2. The third kappa shape index (κ3) is 2.52. The van der Waals surface area contributed by atoms with Crippen molar-refractivity contribution >= 4 is 5.69 Å². The molecule has 0 bridgehead atoms. The molecule has 0 aromatic heterocycles. The van der Waals surface area contributed by atoms with Crippen molar-refractivity contribution in [2.24, 2.45) is 0 Å². The summed E-state index contributed by atoms with van der Waals surface area (Å²) in [6, 6.07) is 13.0. The summed E-state index contributed by atoms with van der Waals surface area (Å²) >= 11 is 0. The number of rotatable bonds is 2. The fraction of sp³-hybridized carbons (Fsp3) is 0.368. The predicted octanol–water partition coefficient (Wildman–Crippen LogP) is 4.53. The van der Waals surface area contributed by atoms with Crippen molar-refractivity contribution in [2.45, 2.75) is 38.0 Å². The van der Waals surface area contributed by atoms with Crippen LogP contribution in [0.25, 0.3) is 0 Å². The summed E-state index contributed by atoms with van der Waals surface area (Å²) in [5, 5.41) is 3.54. The minimum absolute atomic E-state index is 0.0412. The highest BCUT2D eigenvalue weighted by Gasteiger charge is 2.42. The van der Waals surface area contributed by atoms with E-state index in [1.54, 1.807) is 12.1 Å². The third-order valence-corrected chi connectivity index (χ3v) is 4.72. The van der Waals surface area contributed by atoms with E-state index in [0.29, 0.717) is 12.7 Å². The van der Waals surface area contributed by atoms with Crippen LogP contribution in [0.2, 0.25) is 0 Å². The van der Waals surface area contributed by atoms with Crippen LogP contribution in [0.15, 0.2) is 42.5 Å². The van der Waals surface area contributed by atoms with E-state index in [1.807, 2.05) is 0 Å². The summed E-state index contributed by atoms with van der Waals surface area (Å²) < 4.78 is 24.9. The molecule has 2 aromatic rings. The Morgan fingerprint density at radius 1 is 1.09 bits per heavy atom. The second kappa shape index (κ2) is 5.62. The van der Waals surface area contributed by atoms with Gasteiger partial charge in [-0.15, -0.1) is 0 Å². The van der Waals surface area contributed by atoms with E-state index in [9.17, 15) is 4.39 Å². The fourth-order valence-electron chi connectivity index (χ4n) is 3.41. The molecule has 3 nitrogen and oxygen atoms in total. The van der Waals surface area contributed by atoms with Gasteiger partial charge in [0.1, 0.15) is 24.8 Å². The highest BCUT2D eigenvalue weighted by Crippen LogP contribution is 2.46. The van der Waals surface area contributed by atoms with Gasteiger partial charge >= 0.3 is 0 Å². The summed E-state index contributed by atoms with van der Waals surface area (Å²) in [5.74, 6) is 0.238. The highest BCUT2D eigenvalue weighted by atomic mass is 19.1. The molecule has 3 atom stereocenters. The molecule has 2 aromatic carbocycles. The van der Waals surface area contributed by atoms with Crippen LogP contribution in [0.3, 0.4) is 0 Å². The van der Waals surface area contributed by atoms with Gasteiger partial charge in [-0.05, 0) is 35.2 Å². The molecular formula is C19H20FNO2. The maximum absolute atomic E-state index is 13.2. The van der Waals surface area contributed by atoms with Crippen molar-refractivity contribution in [3.05, 3.63) is 65.0 Å². The van der Waals surface area contributed by atoms with Crippen molar-refractivity contribution < 1.29 is 13.9 Å². The summed E-state index contributed by atoms with van der Waals surface area (Å²) in [7, 11) is 0. The summed E-state index contributed by atoms with van der Waals surface area (Å²) in [6.45, 7) is 4.66. The zero-order valence-electron chi connectivity index (χ0n) is 13.3. The number of halogens is 1. The predicted molar refractivity (Wildman–Crippen MR) is 86.9 cm³/mol. The van der Waals surface area contributed by atoms with Gasteiger partial charge in [0.25, 0.3) is 0 Å². The fourth-order valence-corrected chi connectivity index (χ4v) is 3.41. The molecule has 0 amide bonds. The van der Waals surface area contributed by atoms with E-state index in [4.69, 9.17) is 9.47 Å². The topological polar surface area (TPSA) is 30.5 Å². The third-order valence-electron chi connectivity index (χ3n) is 4.72. The van der Waals surface area contributed by atoms with E-state index in [-0.39, 0.29) is 24.1 Å². The molecule has 3 unspecified atom stereocenters. The molecule has 120 valence electrons. The first-order chi connectivity index (χ1) is 11.1. The zero-order chi connectivity index (χ0) is 16.0. The number of fused-ring (bicyclic) bond motifs is 3. The summed E-state index contributed by atoms with van der Waals surface area (Å²) in [4.78, 5) is 0. The smallest absolute Gasteiger partial charge is 0.148 e. The lowest BCUT2D eigenvalue weighted by atomic mass is 9.86. The minimum Gasteiger partial charge on any atom is -0.375 e. The number of hydrogen-bond donors (Lipinski definition) is 1. The van der Waals surface area contributed by atoms with Crippen molar-refractivity contribution in [3.63, 3.8) is 0 Å². The second-order valence-electron chi connectivity index (χ2n) is 6.51. The minimum atomic E-state index is -0.230. The molecule has 0 saturated carbocycles. The Labute approximate surface area is 135 Å². The Balaban J connectivity index is 1.74. The lowest BCUT2D eigenvalue weighted by Crippen LogP contribution is -2.34. The van der Waals surface area contributed by atoms with E-state index in [2.05, 4.69) is 37.4 Å². The normalized spacial score (nSPS) is 25.8. The van der Waals surface area contributed by atoms with Crippen LogP contribution in [0.1, 0.15) is 48.6 Å². The van der Waals surface area contributed by atoms with Crippen molar-refractivity contribution in [2.75, 3.05) is 12.1 Å². The monoisotopic (exact) mass is 313 g/mol. The van der Waals surface area contributed by atoms with Gasteiger partial charge in [-0.1, -0.05) is 38.1 Å². The van der Waals surface area contributed by atoms with E-state index in [1.165, 1.54) is 17.7 Å². The highest BCUT2D eigenvalue weighted by molar-refractivity contribution is 5.59. The van der Waals surface area contributed by atoms with Crippen LogP contribution < -0.4 is 5.32 Å². The average Bonchev–Trinajstić information content (AvgIpc) is 3.04.